The molecule has 0 spiro atoms. The van der Waals surface area contributed by atoms with Crippen molar-refractivity contribution in [2.75, 3.05) is 13.2 Å². The Balaban J connectivity index is 1.89. The summed E-state index contributed by atoms with van der Waals surface area (Å²) in [5, 5.41) is -0.326. The van der Waals surface area contributed by atoms with E-state index in [-0.39, 0.29) is 44.2 Å². The maximum Gasteiger partial charge on any atom is 0.431 e. The van der Waals surface area contributed by atoms with Gasteiger partial charge in [-0.15, -0.1) is 0 Å². The molecule has 9 nitrogen and oxygen atoms in total. The highest BCUT2D eigenvalue weighted by molar-refractivity contribution is 6.32. The van der Waals surface area contributed by atoms with E-state index in [0.29, 0.717) is 11.6 Å². The Bertz CT molecular complexity index is 1790. The van der Waals surface area contributed by atoms with Crippen molar-refractivity contribution >= 4 is 17.6 Å². The quantitative estimate of drug-likeness (QED) is 0.213. The van der Waals surface area contributed by atoms with Gasteiger partial charge in [-0.1, -0.05) is 23.1 Å². The SMILES string of the molecule is C=C=C=C=C=C(C)COC(=O)COc1ncccc1Oc1cc(-n2c(=O)cc(C(F)(F)F)n(C)c2=O)c(F)cc1Cl. The van der Waals surface area contributed by atoms with Gasteiger partial charge in [0.05, 0.1) is 10.7 Å². The van der Waals surface area contributed by atoms with E-state index in [1.165, 1.54) is 18.3 Å². The van der Waals surface area contributed by atoms with Gasteiger partial charge in [-0.2, -0.15) is 13.2 Å². The number of ether oxygens (including phenoxy) is 3. The number of rotatable bonds is 8. The van der Waals surface area contributed by atoms with Gasteiger partial charge in [0, 0.05) is 31.0 Å². The van der Waals surface area contributed by atoms with Crippen LogP contribution in [0.4, 0.5) is 17.6 Å². The number of alkyl halides is 3. The number of nitrogens with zero attached hydrogens (tertiary/aromatic N) is 3. The molecule has 0 amide bonds. The molecule has 0 radical (unpaired) electrons. The molecule has 2 heterocycles. The predicted molar refractivity (Wildman–Crippen MR) is 137 cm³/mol. The number of hydrogen-bond acceptors (Lipinski definition) is 7. The molecular weight excluding hydrogens is 574 g/mol. The van der Waals surface area contributed by atoms with Crippen LogP contribution >= 0.6 is 11.6 Å². The molecule has 1 aromatic carbocycles. The van der Waals surface area contributed by atoms with Gasteiger partial charge >= 0.3 is 17.8 Å². The van der Waals surface area contributed by atoms with E-state index in [4.69, 9.17) is 25.8 Å². The molecule has 0 aliphatic heterocycles. The summed E-state index contributed by atoms with van der Waals surface area (Å²) in [4.78, 5) is 41.1. The largest absolute Gasteiger partial charge is 0.463 e. The smallest absolute Gasteiger partial charge is 0.431 e. The molecule has 212 valence electrons. The van der Waals surface area contributed by atoms with Crippen molar-refractivity contribution in [1.29, 1.82) is 0 Å². The predicted octanol–water partition coefficient (Wildman–Crippen LogP) is 4.65. The fourth-order valence-electron chi connectivity index (χ4n) is 3.14. The molecule has 0 aliphatic carbocycles. The second-order valence-electron chi connectivity index (χ2n) is 7.97. The van der Waals surface area contributed by atoms with Gasteiger partial charge in [0.1, 0.15) is 23.9 Å². The highest BCUT2D eigenvalue weighted by Crippen LogP contribution is 2.36. The normalized spacial score (nSPS) is 10.5. The minimum Gasteiger partial charge on any atom is -0.463 e. The fourth-order valence-corrected chi connectivity index (χ4v) is 3.33. The third-order valence-electron chi connectivity index (χ3n) is 5.01. The van der Waals surface area contributed by atoms with E-state index >= 15 is 0 Å². The second-order valence-corrected chi connectivity index (χ2v) is 8.37. The van der Waals surface area contributed by atoms with E-state index in [1.807, 2.05) is 0 Å². The standard InChI is InChI=1S/C27H18ClF4N3O6/c1-4-5-6-8-16(2)14-39-24(37)15-40-25-20(9-7-10-33-25)41-21-12-19(18(29)11-17(21)28)35-23(36)13-22(27(30,31)32)34(3)26(35)38/h7,9-13H,1,14-15H2,2-3H3. The molecule has 0 atom stereocenters. The van der Waals surface area contributed by atoms with Crippen molar-refractivity contribution < 1.29 is 36.6 Å². The number of hydrogen-bond donors (Lipinski definition) is 0. The first-order valence-electron chi connectivity index (χ1n) is 11.2. The Morgan fingerprint density at radius 1 is 1.15 bits per heavy atom. The summed E-state index contributed by atoms with van der Waals surface area (Å²) >= 11 is 6.09. The van der Waals surface area contributed by atoms with E-state index < -0.39 is 47.2 Å². The average molecular weight is 592 g/mol. The van der Waals surface area contributed by atoms with Crippen LogP contribution in [0, 0.1) is 5.82 Å². The molecular formula is C27H18ClF4N3O6. The van der Waals surface area contributed by atoms with Crippen LogP contribution < -0.4 is 20.7 Å². The highest BCUT2D eigenvalue weighted by atomic mass is 35.5. The zero-order valence-corrected chi connectivity index (χ0v) is 22.0. The third kappa shape index (κ3) is 7.56. The zero-order valence-electron chi connectivity index (χ0n) is 21.3. The van der Waals surface area contributed by atoms with E-state index in [0.717, 1.165) is 13.1 Å². The van der Waals surface area contributed by atoms with Gasteiger partial charge in [0.15, 0.2) is 12.4 Å². The summed E-state index contributed by atoms with van der Waals surface area (Å²) in [6, 6.07) is 4.49. The van der Waals surface area contributed by atoms with Gasteiger partial charge in [-0.3, -0.25) is 9.36 Å². The van der Waals surface area contributed by atoms with E-state index in [9.17, 15) is 31.9 Å². The Labute approximate surface area is 233 Å². The summed E-state index contributed by atoms with van der Waals surface area (Å²) in [6.07, 6.45) is -3.69. The maximum absolute atomic E-state index is 14.8. The highest BCUT2D eigenvalue weighted by Gasteiger charge is 2.35. The first-order chi connectivity index (χ1) is 19.3. The van der Waals surface area contributed by atoms with Crippen molar-refractivity contribution in [3.05, 3.63) is 109 Å². The zero-order chi connectivity index (χ0) is 30.3. The maximum atomic E-state index is 14.8. The molecule has 0 aliphatic rings. The van der Waals surface area contributed by atoms with Gasteiger partial charge in [0.25, 0.3) is 11.4 Å². The van der Waals surface area contributed by atoms with Crippen molar-refractivity contribution in [1.82, 2.24) is 14.1 Å². The summed E-state index contributed by atoms with van der Waals surface area (Å²) in [7, 11) is 0.780. The molecule has 0 saturated carbocycles. The third-order valence-corrected chi connectivity index (χ3v) is 5.31. The minimum absolute atomic E-state index is 0.115. The summed E-state index contributed by atoms with van der Waals surface area (Å²) in [5.74, 6) is -2.60. The molecule has 41 heavy (non-hydrogen) atoms. The van der Waals surface area contributed by atoms with Crippen LogP contribution in [0.2, 0.25) is 5.02 Å². The van der Waals surface area contributed by atoms with Crippen molar-refractivity contribution in [3.63, 3.8) is 0 Å². The van der Waals surface area contributed by atoms with Crippen molar-refractivity contribution in [2.45, 2.75) is 13.1 Å². The first-order valence-corrected chi connectivity index (χ1v) is 11.6. The van der Waals surface area contributed by atoms with Crippen LogP contribution in [-0.2, 0) is 22.8 Å². The molecule has 3 rings (SSSR count). The van der Waals surface area contributed by atoms with Crippen LogP contribution in [-0.4, -0.2) is 33.3 Å². The van der Waals surface area contributed by atoms with E-state index in [1.54, 1.807) is 6.92 Å². The van der Waals surface area contributed by atoms with Crippen molar-refractivity contribution in [2.24, 2.45) is 7.05 Å². The van der Waals surface area contributed by atoms with Gasteiger partial charge in [-0.25, -0.2) is 23.5 Å². The number of carbonyl (C=O) groups is 1. The Hall–Kier alpha value is -5.01. The van der Waals surface area contributed by atoms with Crippen molar-refractivity contribution in [3.8, 4) is 23.1 Å². The number of halogens is 5. The minimum atomic E-state index is -5.00. The molecule has 2 aromatic heterocycles. The van der Waals surface area contributed by atoms with E-state index in [2.05, 4.69) is 34.5 Å². The Kier molecular flexibility index (Phi) is 9.60. The lowest BCUT2D eigenvalue weighted by atomic mass is 10.2. The van der Waals surface area contributed by atoms with Crippen LogP contribution in [0.15, 0.2) is 81.2 Å². The van der Waals surface area contributed by atoms with Crippen LogP contribution in [0.3, 0.4) is 0 Å². The lowest BCUT2D eigenvalue weighted by molar-refractivity contribution is -0.145. The molecule has 0 bridgehead atoms. The first kappa shape index (κ1) is 30.5. The molecule has 0 unspecified atom stereocenters. The topological polar surface area (TPSA) is 102 Å². The summed E-state index contributed by atoms with van der Waals surface area (Å²) in [5.41, 5.74) is 5.34. The van der Waals surface area contributed by atoms with Crippen LogP contribution in [0.1, 0.15) is 12.6 Å². The summed E-state index contributed by atoms with van der Waals surface area (Å²) < 4.78 is 70.8. The molecule has 0 saturated heterocycles. The Morgan fingerprint density at radius 2 is 1.88 bits per heavy atom. The van der Waals surface area contributed by atoms with Crippen LogP contribution in [0.5, 0.6) is 17.4 Å². The number of pyridine rings is 1. The molecule has 0 fully saturated rings. The lowest BCUT2D eigenvalue weighted by Crippen LogP contribution is -2.41. The van der Waals surface area contributed by atoms with Gasteiger partial charge in [-0.05, 0) is 43.2 Å². The van der Waals surface area contributed by atoms with Gasteiger partial charge in [0.2, 0.25) is 0 Å². The monoisotopic (exact) mass is 591 g/mol. The second kappa shape index (κ2) is 12.9. The van der Waals surface area contributed by atoms with Crippen LogP contribution in [0.25, 0.3) is 5.69 Å². The Morgan fingerprint density at radius 3 is 2.56 bits per heavy atom. The van der Waals surface area contributed by atoms with Gasteiger partial charge < -0.3 is 14.2 Å². The fraction of sp³-hybridized carbons (Fsp3) is 0.185. The number of esters is 1. The molecule has 0 N–H and O–H groups in total. The number of carbonyl (C=O) groups excluding carboxylic acids is 1. The molecule has 3 aromatic rings. The summed E-state index contributed by atoms with van der Waals surface area (Å²) in [6.45, 7) is 4.24. The molecule has 14 heteroatoms. The number of aromatic nitrogens is 3. The number of benzene rings is 1. The lowest BCUT2D eigenvalue weighted by Gasteiger charge is -2.16. The average Bonchev–Trinajstić information content (AvgIpc) is 2.91.